The SMILES string of the molecule is CN1C(=O)C2C3OC4CCCCC4OC3C3NC4CC(F)CCC4C3C2C1=O. The highest BCUT2D eigenvalue weighted by atomic mass is 19.1. The van der Waals surface area contributed by atoms with E-state index >= 15 is 0 Å². The highest BCUT2D eigenvalue weighted by Gasteiger charge is 2.68. The third-order valence-electron chi connectivity index (χ3n) is 8.53. The van der Waals surface area contributed by atoms with E-state index in [9.17, 15) is 14.0 Å². The van der Waals surface area contributed by atoms with Crippen LogP contribution < -0.4 is 5.32 Å². The van der Waals surface area contributed by atoms with Crippen molar-refractivity contribution >= 4 is 11.8 Å². The molecule has 3 saturated heterocycles. The number of carbonyl (C=O) groups is 2. The van der Waals surface area contributed by atoms with Gasteiger partial charge >= 0.3 is 0 Å². The first kappa shape index (κ1) is 17.8. The molecule has 11 unspecified atom stereocenters. The lowest BCUT2D eigenvalue weighted by molar-refractivity contribution is -0.265. The van der Waals surface area contributed by atoms with E-state index in [1.165, 1.54) is 4.90 Å². The predicted molar refractivity (Wildman–Crippen MR) is 97.0 cm³/mol. The van der Waals surface area contributed by atoms with Gasteiger partial charge < -0.3 is 14.8 Å². The van der Waals surface area contributed by atoms with Crippen LogP contribution in [-0.4, -0.2) is 66.4 Å². The zero-order valence-electron chi connectivity index (χ0n) is 16.3. The minimum atomic E-state index is -0.782. The maximum atomic E-state index is 14.1. The van der Waals surface area contributed by atoms with Gasteiger partial charge in [0.1, 0.15) is 12.3 Å². The van der Waals surface area contributed by atoms with Crippen molar-refractivity contribution in [2.24, 2.45) is 23.7 Å². The van der Waals surface area contributed by atoms with Crippen LogP contribution in [0.1, 0.15) is 44.9 Å². The summed E-state index contributed by atoms with van der Waals surface area (Å²) in [4.78, 5) is 27.5. The van der Waals surface area contributed by atoms with Crippen molar-refractivity contribution in [1.82, 2.24) is 10.2 Å². The second-order valence-corrected chi connectivity index (χ2v) is 9.80. The third-order valence-corrected chi connectivity index (χ3v) is 8.53. The molecule has 0 aromatic rings. The molecule has 6 rings (SSSR count). The molecule has 0 radical (unpaired) electrons. The van der Waals surface area contributed by atoms with Crippen LogP contribution in [0.15, 0.2) is 0 Å². The molecular formula is C21H29FN2O4. The van der Waals surface area contributed by atoms with Crippen molar-refractivity contribution < 1.29 is 23.5 Å². The number of hydrogen-bond acceptors (Lipinski definition) is 5. The van der Waals surface area contributed by atoms with Crippen molar-refractivity contribution in [3.63, 3.8) is 0 Å². The van der Waals surface area contributed by atoms with Crippen LogP contribution in [0, 0.1) is 23.7 Å². The Kier molecular flexibility index (Phi) is 3.95. The molecule has 3 saturated carbocycles. The standard InChI is InChI=1S/C21H29FN2O4/c1-24-20(25)15-14-10-7-6-9(22)8-11(10)23-17(14)19-18(16(15)21(24)26)27-12-4-2-3-5-13(12)28-19/h9-19,23H,2-8H2,1H3. The van der Waals surface area contributed by atoms with Gasteiger partial charge in [0.2, 0.25) is 11.8 Å². The molecule has 0 aromatic carbocycles. The molecule has 3 heterocycles. The largest absolute Gasteiger partial charge is 0.369 e. The van der Waals surface area contributed by atoms with Crippen LogP contribution in [-0.2, 0) is 19.1 Å². The molecule has 0 spiro atoms. The Morgan fingerprint density at radius 1 is 0.964 bits per heavy atom. The van der Waals surface area contributed by atoms with Crippen LogP contribution in [0.5, 0.6) is 0 Å². The molecule has 11 atom stereocenters. The lowest BCUT2D eigenvalue weighted by Gasteiger charge is -2.52. The van der Waals surface area contributed by atoms with Crippen LogP contribution >= 0.6 is 0 Å². The number of halogens is 1. The Labute approximate surface area is 164 Å². The van der Waals surface area contributed by atoms with Gasteiger partial charge in [0.05, 0.1) is 30.1 Å². The van der Waals surface area contributed by atoms with Gasteiger partial charge in [-0.3, -0.25) is 14.5 Å². The zero-order chi connectivity index (χ0) is 19.2. The Morgan fingerprint density at radius 3 is 2.39 bits per heavy atom. The van der Waals surface area contributed by atoms with Gasteiger partial charge in [0, 0.05) is 19.1 Å². The average Bonchev–Trinajstić information content (AvgIpc) is 3.17. The molecule has 154 valence electrons. The van der Waals surface area contributed by atoms with E-state index in [1.54, 1.807) is 7.05 Å². The molecule has 1 N–H and O–H groups in total. The van der Waals surface area contributed by atoms with E-state index in [2.05, 4.69) is 5.32 Å². The Balaban J connectivity index is 1.40. The summed E-state index contributed by atoms with van der Waals surface area (Å²) in [6.07, 6.45) is 4.77. The fourth-order valence-electron chi connectivity index (χ4n) is 7.35. The van der Waals surface area contributed by atoms with Crippen molar-refractivity contribution in [3.05, 3.63) is 0 Å². The second-order valence-electron chi connectivity index (χ2n) is 9.80. The molecule has 0 bridgehead atoms. The van der Waals surface area contributed by atoms with E-state index in [4.69, 9.17) is 9.47 Å². The van der Waals surface area contributed by atoms with Gasteiger partial charge in [0.25, 0.3) is 0 Å². The number of nitrogens with one attached hydrogen (secondary N) is 1. The summed E-state index contributed by atoms with van der Waals surface area (Å²) in [6, 6.07) is 0.0392. The van der Waals surface area contributed by atoms with Gasteiger partial charge in [-0.2, -0.15) is 0 Å². The Hall–Kier alpha value is -1.05. The smallest absolute Gasteiger partial charge is 0.235 e. The monoisotopic (exact) mass is 392 g/mol. The third kappa shape index (κ3) is 2.30. The maximum absolute atomic E-state index is 14.1. The number of carbonyl (C=O) groups excluding carboxylic acids is 2. The van der Waals surface area contributed by atoms with Crippen molar-refractivity contribution in [1.29, 1.82) is 0 Å². The molecule has 6 nitrogen and oxygen atoms in total. The van der Waals surface area contributed by atoms with E-state index in [0.29, 0.717) is 12.8 Å². The number of likely N-dealkylation sites (tertiary alicyclic amines) is 1. The fourth-order valence-corrected chi connectivity index (χ4v) is 7.35. The van der Waals surface area contributed by atoms with E-state index < -0.39 is 12.1 Å². The zero-order valence-corrected chi connectivity index (χ0v) is 16.3. The van der Waals surface area contributed by atoms with Crippen LogP contribution in [0.25, 0.3) is 0 Å². The number of imide groups is 1. The minimum absolute atomic E-state index is 0.0277. The lowest BCUT2D eigenvalue weighted by Crippen LogP contribution is -2.66. The molecule has 3 aliphatic heterocycles. The number of nitrogens with zero attached hydrogens (tertiary/aromatic N) is 1. The topological polar surface area (TPSA) is 67.9 Å². The number of amides is 2. The summed E-state index contributed by atoms with van der Waals surface area (Å²) >= 11 is 0. The molecule has 28 heavy (non-hydrogen) atoms. The summed E-state index contributed by atoms with van der Waals surface area (Å²) in [5.74, 6) is -0.733. The number of alkyl halides is 1. The van der Waals surface area contributed by atoms with E-state index in [0.717, 1.165) is 32.1 Å². The van der Waals surface area contributed by atoms with Gasteiger partial charge in [0.15, 0.2) is 0 Å². The molecule has 6 fully saturated rings. The lowest BCUT2D eigenvalue weighted by atomic mass is 9.62. The minimum Gasteiger partial charge on any atom is -0.369 e. The van der Waals surface area contributed by atoms with E-state index in [-0.39, 0.29) is 66.1 Å². The number of rotatable bonds is 0. The summed E-state index contributed by atoms with van der Waals surface area (Å²) in [5, 5.41) is 3.66. The summed E-state index contributed by atoms with van der Waals surface area (Å²) in [5.41, 5.74) is 0. The number of ether oxygens (including phenoxy) is 2. The van der Waals surface area contributed by atoms with Crippen molar-refractivity contribution in [2.45, 2.75) is 87.6 Å². The molecular weight excluding hydrogens is 363 g/mol. The highest BCUT2D eigenvalue weighted by Crippen LogP contribution is 2.54. The average molecular weight is 392 g/mol. The maximum Gasteiger partial charge on any atom is 0.235 e. The van der Waals surface area contributed by atoms with Gasteiger partial charge in [-0.25, -0.2) is 4.39 Å². The van der Waals surface area contributed by atoms with Gasteiger partial charge in [-0.1, -0.05) is 12.8 Å². The van der Waals surface area contributed by atoms with E-state index in [1.807, 2.05) is 0 Å². The molecule has 3 aliphatic carbocycles. The first-order valence-corrected chi connectivity index (χ1v) is 11.1. The molecule has 2 amide bonds. The fraction of sp³-hybridized carbons (Fsp3) is 0.905. The van der Waals surface area contributed by atoms with Gasteiger partial charge in [-0.15, -0.1) is 0 Å². The Bertz CT molecular complexity index is 704. The second kappa shape index (κ2) is 6.22. The summed E-state index contributed by atoms with van der Waals surface area (Å²) in [6.45, 7) is 0. The highest BCUT2D eigenvalue weighted by molar-refractivity contribution is 6.05. The predicted octanol–water partition coefficient (Wildman–Crippen LogP) is 1.42. The molecule has 0 aromatic heterocycles. The molecule has 7 heteroatoms. The summed E-state index contributed by atoms with van der Waals surface area (Å²) < 4.78 is 27.2. The Morgan fingerprint density at radius 2 is 1.64 bits per heavy atom. The molecule has 6 aliphatic rings. The first-order valence-electron chi connectivity index (χ1n) is 11.1. The summed E-state index contributed by atoms with van der Waals surface area (Å²) in [7, 11) is 1.60. The number of hydrogen-bond donors (Lipinski definition) is 1. The van der Waals surface area contributed by atoms with Gasteiger partial charge in [-0.05, 0) is 43.9 Å². The quantitative estimate of drug-likeness (QED) is 0.632. The van der Waals surface area contributed by atoms with Crippen LogP contribution in [0.4, 0.5) is 4.39 Å². The normalized spacial score (nSPS) is 55.2. The van der Waals surface area contributed by atoms with Crippen LogP contribution in [0.2, 0.25) is 0 Å². The first-order chi connectivity index (χ1) is 13.5. The number of fused-ring (bicyclic) bond motifs is 9. The van der Waals surface area contributed by atoms with Crippen molar-refractivity contribution in [3.8, 4) is 0 Å². The van der Waals surface area contributed by atoms with Crippen molar-refractivity contribution in [2.75, 3.05) is 7.05 Å². The van der Waals surface area contributed by atoms with Crippen LogP contribution in [0.3, 0.4) is 0 Å².